The van der Waals surface area contributed by atoms with E-state index in [1.54, 1.807) is 18.4 Å². The van der Waals surface area contributed by atoms with Gasteiger partial charge >= 0.3 is 0 Å². The molecule has 2 rings (SSSR count). The third-order valence-electron chi connectivity index (χ3n) is 3.28. The molecule has 2 nitrogen and oxygen atoms in total. The summed E-state index contributed by atoms with van der Waals surface area (Å²) in [5.41, 5.74) is 1.25. The number of halogens is 2. The second-order valence-electron chi connectivity index (χ2n) is 4.80. The molecule has 0 saturated carbocycles. The zero-order chi connectivity index (χ0) is 15.2. The van der Waals surface area contributed by atoms with Crippen LogP contribution >= 0.6 is 43.2 Å². The van der Waals surface area contributed by atoms with Crippen LogP contribution in [0.15, 0.2) is 38.6 Å². The molecule has 0 spiro atoms. The number of methoxy groups -OCH3 is 1. The van der Waals surface area contributed by atoms with Crippen molar-refractivity contribution in [3.8, 4) is 5.75 Å². The van der Waals surface area contributed by atoms with E-state index in [4.69, 9.17) is 4.74 Å². The van der Waals surface area contributed by atoms with Gasteiger partial charge in [-0.15, -0.1) is 11.3 Å². The predicted octanol–water partition coefficient (Wildman–Crippen LogP) is 5.57. The van der Waals surface area contributed by atoms with Crippen LogP contribution in [0.2, 0.25) is 0 Å². The van der Waals surface area contributed by atoms with Crippen molar-refractivity contribution in [1.29, 1.82) is 0 Å². The van der Waals surface area contributed by atoms with Crippen molar-refractivity contribution in [2.75, 3.05) is 13.7 Å². The molecule has 0 amide bonds. The summed E-state index contributed by atoms with van der Waals surface area (Å²) in [6.45, 7) is 3.20. The Morgan fingerprint density at radius 2 is 2.05 bits per heavy atom. The topological polar surface area (TPSA) is 21.3 Å². The van der Waals surface area contributed by atoms with E-state index < -0.39 is 0 Å². The Labute approximate surface area is 147 Å². The van der Waals surface area contributed by atoms with E-state index in [9.17, 15) is 0 Å². The van der Waals surface area contributed by atoms with Crippen LogP contribution in [0.25, 0.3) is 0 Å². The van der Waals surface area contributed by atoms with Gasteiger partial charge in [0.25, 0.3) is 0 Å². The van der Waals surface area contributed by atoms with E-state index in [0.717, 1.165) is 29.6 Å². The van der Waals surface area contributed by atoms with E-state index in [1.807, 2.05) is 6.07 Å². The number of hydrogen-bond acceptors (Lipinski definition) is 3. The summed E-state index contributed by atoms with van der Waals surface area (Å²) in [7, 11) is 1.70. The molecule has 2 aromatic rings. The van der Waals surface area contributed by atoms with Crippen molar-refractivity contribution in [3.63, 3.8) is 0 Å². The summed E-state index contributed by atoms with van der Waals surface area (Å²) in [6.07, 6.45) is 2.05. The lowest BCUT2D eigenvalue weighted by Crippen LogP contribution is -2.23. The maximum atomic E-state index is 5.34. The van der Waals surface area contributed by atoms with Crippen LogP contribution in [0, 0.1) is 0 Å². The number of thiophene rings is 1. The summed E-state index contributed by atoms with van der Waals surface area (Å²) in [6, 6.07) is 8.55. The van der Waals surface area contributed by atoms with Crippen LogP contribution in [-0.4, -0.2) is 13.7 Å². The third kappa shape index (κ3) is 4.55. The molecule has 1 aromatic carbocycles. The van der Waals surface area contributed by atoms with Gasteiger partial charge in [0, 0.05) is 19.9 Å². The molecule has 5 heteroatoms. The molecule has 0 aliphatic carbocycles. The molecular weight excluding hydrogens is 414 g/mol. The Balaban J connectivity index is 2.24. The molecule has 21 heavy (non-hydrogen) atoms. The van der Waals surface area contributed by atoms with Crippen LogP contribution in [0.3, 0.4) is 0 Å². The van der Waals surface area contributed by atoms with Gasteiger partial charge < -0.3 is 10.1 Å². The predicted molar refractivity (Wildman–Crippen MR) is 97.5 cm³/mol. The van der Waals surface area contributed by atoms with E-state index >= 15 is 0 Å². The molecule has 114 valence electrons. The van der Waals surface area contributed by atoms with E-state index in [1.165, 1.54) is 14.9 Å². The Morgan fingerprint density at radius 3 is 2.67 bits per heavy atom. The second-order valence-corrected chi connectivity index (χ2v) is 7.46. The van der Waals surface area contributed by atoms with Gasteiger partial charge in [0.05, 0.1) is 7.11 Å². The molecule has 1 N–H and O–H groups in total. The van der Waals surface area contributed by atoms with Crippen molar-refractivity contribution < 1.29 is 4.74 Å². The highest BCUT2D eigenvalue weighted by atomic mass is 79.9. The van der Waals surface area contributed by atoms with Crippen molar-refractivity contribution in [1.82, 2.24) is 5.32 Å². The molecule has 1 heterocycles. The van der Waals surface area contributed by atoms with Gasteiger partial charge in [0.1, 0.15) is 5.75 Å². The van der Waals surface area contributed by atoms with Crippen LogP contribution in [-0.2, 0) is 6.42 Å². The van der Waals surface area contributed by atoms with Crippen molar-refractivity contribution in [2.45, 2.75) is 25.8 Å². The number of nitrogens with one attached hydrogen (secondary N) is 1. The largest absolute Gasteiger partial charge is 0.497 e. The quantitative estimate of drug-likeness (QED) is 0.617. The number of ether oxygens (including phenoxy) is 1. The molecular formula is C16H19Br2NOS. The average Bonchev–Trinajstić information content (AvgIpc) is 2.91. The number of benzene rings is 1. The monoisotopic (exact) mass is 431 g/mol. The third-order valence-corrected chi connectivity index (χ3v) is 6.04. The summed E-state index contributed by atoms with van der Waals surface area (Å²) < 4.78 is 7.64. The maximum absolute atomic E-state index is 5.34. The molecule has 0 radical (unpaired) electrons. The normalized spacial score (nSPS) is 12.4. The minimum absolute atomic E-state index is 0.308. The van der Waals surface area contributed by atoms with Crippen molar-refractivity contribution in [3.05, 3.63) is 49.0 Å². The summed E-state index contributed by atoms with van der Waals surface area (Å²) in [5, 5.41) is 5.77. The first-order valence-electron chi connectivity index (χ1n) is 6.94. The zero-order valence-corrected chi connectivity index (χ0v) is 16.1. The molecule has 0 aliphatic rings. The SMILES string of the molecule is CCCNC(Cc1cc(OC)ccc1Br)c1sccc1Br. The summed E-state index contributed by atoms with van der Waals surface area (Å²) in [5.74, 6) is 0.896. The lowest BCUT2D eigenvalue weighted by Gasteiger charge is -2.19. The second kappa shape index (κ2) is 8.32. The number of rotatable bonds is 7. The highest BCUT2D eigenvalue weighted by molar-refractivity contribution is 9.10. The minimum atomic E-state index is 0.308. The molecule has 1 atom stereocenters. The van der Waals surface area contributed by atoms with Gasteiger partial charge in [0.15, 0.2) is 0 Å². The maximum Gasteiger partial charge on any atom is 0.119 e. The first kappa shape index (κ1) is 17.0. The van der Waals surface area contributed by atoms with Crippen LogP contribution in [0.1, 0.15) is 29.8 Å². The first-order valence-corrected chi connectivity index (χ1v) is 9.41. The zero-order valence-electron chi connectivity index (χ0n) is 12.2. The van der Waals surface area contributed by atoms with Crippen molar-refractivity contribution in [2.24, 2.45) is 0 Å². The lowest BCUT2D eigenvalue weighted by molar-refractivity contribution is 0.413. The fraction of sp³-hybridized carbons (Fsp3) is 0.375. The Morgan fingerprint density at radius 1 is 1.24 bits per heavy atom. The van der Waals surface area contributed by atoms with E-state index in [-0.39, 0.29) is 0 Å². The molecule has 1 aromatic heterocycles. The van der Waals surface area contributed by atoms with Gasteiger partial charge in [-0.2, -0.15) is 0 Å². The highest BCUT2D eigenvalue weighted by Crippen LogP contribution is 2.33. The highest BCUT2D eigenvalue weighted by Gasteiger charge is 2.17. The summed E-state index contributed by atoms with van der Waals surface area (Å²) >= 11 is 9.09. The molecule has 1 unspecified atom stereocenters. The summed E-state index contributed by atoms with van der Waals surface area (Å²) in [4.78, 5) is 1.35. The van der Waals surface area contributed by atoms with Gasteiger partial charge in [-0.1, -0.05) is 22.9 Å². The van der Waals surface area contributed by atoms with E-state index in [0.29, 0.717) is 6.04 Å². The minimum Gasteiger partial charge on any atom is -0.497 e. The van der Waals surface area contributed by atoms with Crippen LogP contribution in [0.5, 0.6) is 5.75 Å². The van der Waals surface area contributed by atoms with Gasteiger partial charge in [-0.25, -0.2) is 0 Å². The van der Waals surface area contributed by atoms with Crippen molar-refractivity contribution >= 4 is 43.2 Å². The fourth-order valence-electron chi connectivity index (χ4n) is 2.18. The number of hydrogen-bond donors (Lipinski definition) is 1. The Hall–Kier alpha value is -0.360. The Bertz CT molecular complexity index is 585. The molecule has 0 bridgehead atoms. The van der Waals surface area contributed by atoms with Crippen LogP contribution < -0.4 is 10.1 Å². The fourth-order valence-corrected chi connectivity index (χ4v) is 4.32. The van der Waals surface area contributed by atoms with Gasteiger partial charge in [-0.3, -0.25) is 0 Å². The first-order chi connectivity index (χ1) is 10.2. The van der Waals surface area contributed by atoms with E-state index in [2.05, 4.69) is 67.7 Å². The van der Waals surface area contributed by atoms with Crippen LogP contribution in [0.4, 0.5) is 0 Å². The van der Waals surface area contributed by atoms with Gasteiger partial charge in [0.2, 0.25) is 0 Å². The standard InChI is InChI=1S/C16H19Br2NOS/c1-3-7-19-15(16-14(18)6-8-21-16)10-11-9-12(20-2)4-5-13(11)17/h4-6,8-9,15,19H,3,7,10H2,1-2H3. The average molecular weight is 433 g/mol. The molecule has 0 saturated heterocycles. The lowest BCUT2D eigenvalue weighted by atomic mass is 10.0. The smallest absolute Gasteiger partial charge is 0.119 e. The Kier molecular flexibility index (Phi) is 6.74. The van der Waals surface area contributed by atoms with Gasteiger partial charge in [-0.05, 0) is 70.5 Å². The molecule has 0 fully saturated rings. The molecule has 0 aliphatic heterocycles.